The molecule has 7 heteroatoms. The molecule has 0 saturated carbocycles. The fourth-order valence-corrected chi connectivity index (χ4v) is 1.71. The minimum atomic E-state index is -0.736. The van der Waals surface area contributed by atoms with Crippen LogP contribution in [0.2, 0.25) is 5.02 Å². The minimum absolute atomic E-state index is 0.0650. The third-order valence-corrected chi connectivity index (χ3v) is 2.82. The van der Waals surface area contributed by atoms with E-state index in [-0.39, 0.29) is 13.1 Å². The zero-order valence-electron chi connectivity index (χ0n) is 13.5. The summed E-state index contributed by atoms with van der Waals surface area (Å²) in [6.07, 6.45) is 2.39. The quantitative estimate of drug-likeness (QED) is 0.882. The molecule has 126 valence electrons. The second-order valence-corrected chi connectivity index (χ2v) is 6.19. The van der Waals surface area contributed by atoms with Gasteiger partial charge in [0.15, 0.2) is 0 Å². The molecule has 6 nitrogen and oxygen atoms in total. The van der Waals surface area contributed by atoms with Crippen LogP contribution in [0.1, 0.15) is 26.3 Å². The van der Waals surface area contributed by atoms with Crippen LogP contribution >= 0.6 is 11.6 Å². The molecule has 0 radical (unpaired) electrons. The molecule has 1 aromatic rings. The standard InChI is InChI=1S/C16H22ClN3O3/c1-16(2,3)23-15(22)20(11-9-18)14(21)19-10-8-12-4-6-13(17)7-5-12/h4-8,10H,9,11,18H2,1-3H3,(H,19,21)/b10-8+. The molecule has 1 rings (SSSR count). The Labute approximate surface area is 141 Å². The fraction of sp³-hybridized carbons (Fsp3) is 0.375. The van der Waals surface area contributed by atoms with Gasteiger partial charge in [-0.25, -0.2) is 14.5 Å². The van der Waals surface area contributed by atoms with Gasteiger partial charge < -0.3 is 15.8 Å². The van der Waals surface area contributed by atoms with Gasteiger partial charge in [-0.05, 0) is 44.5 Å². The monoisotopic (exact) mass is 339 g/mol. The average Bonchev–Trinajstić information content (AvgIpc) is 2.44. The predicted octanol–water partition coefficient (Wildman–Crippen LogP) is 3.22. The molecular formula is C16H22ClN3O3. The van der Waals surface area contributed by atoms with Gasteiger partial charge in [0.2, 0.25) is 0 Å². The molecule has 0 aromatic heterocycles. The molecule has 3 amide bonds. The van der Waals surface area contributed by atoms with Crippen molar-refractivity contribution >= 4 is 29.8 Å². The highest BCUT2D eigenvalue weighted by molar-refractivity contribution is 6.30. The summed E-state index contributed by atoms with van der Waals surface area (Å²) in [4.78, 5) is 25.0. The summed E-state index contributed by atoms with van der Waals surface area (Å²) in [5.74, 6) is 0. The summed E-state index contributed by atoms with van der Waals surface area (Å²) in [6, 6.07) is 6.48. The lowest BCUT2D eigenvalue weighted by Gasteiger charge is -2.25. The Morgan fingerprint density at radius 3 is 2.43 bits per heavy atom. The van der Waals surface area contributed by atoms with Crippen LogP contribution in [0.4, 0.5) is 9.59 Å². The normalized spacial score (nSPS) is 11.3. The molecule has 0 unspecified atom stereocenters. The van der Waals surface area contributed by atoms with Crippen LogP contribution in [0.15, 0.2) is 30.5 Å². The van der Waals surface area contributed by atoms with Crippen molar-refractivity contribution in [2.45, 2.75) is 26.4 Å². The van der Waals surface area contributed by atoms with Crippen molar-refractivity contribution in [1.82, 2.24) is 10.2 Å². The lowest BCUT2D eigenvalue weighted by atomic mass is 10.2. The SMILES string of the molecule is CC(C)(C)OC(=O)N(CCN)C(=O)N/C=C/c1ccc(Cl)cc1. The maximum atomic E-state index is 12.1. The molecule has 0 aliphatic rings. The number of nitrogens with zero attached hydrogens (tertiary/aromatic N) is 1. The molecule has 23 heavy (non-hydrogen) atoms. The number of amides is 3. The lowest BCUT2D eigenvalue weighted by molar-refractivity contribution is 0.0328. The van der Waals surface area contributed by atoms with Gasteiger partial charge in [-0.3, -0.25) is 0 Å². The number of carbonyl (C=O) groups is 2. The highest BCUT2D eigenvalue weighted by Crippen LogP contribution is 2.11. The number of hydrogen-bond donors (Lipinski definition) is 2. The summed E-state index contributed by atoms with van der Waals surface area (Å²) in [5, 5.41) is 3.14. The summed E-state index contributed by atoms with van der Waals surface area (Å²) < 4.78 is 5.18. The van der Waals surface area contributed by atoms with Crippen molar-refractivity contribution in [2.24, 2.45) is 5.73 Å². The summed E-state index contributed by atoms with van der Waals surface area (Å²) in [7, 11) is 0. The number of ether oxygens (including phenoxy) is 1. The molecule has 0 aliphatic heterocycles. The largest absolute Gasteiger partial charge is 0.443 e. The van der Waals surface area contributed by atoms with E-state index >= 15 is 0 Å². The number of imide groups is 1. The second kappa shape index (κ2) is 8.55. The zero-order chi connectivity index (χ0) is 17.5. The van der Waals surface area contributed by atoms with E-state index in [0.29, 0.717) is 5.02 Å². The molecule has 0 aliphatic carbocycles. The van der Waals surface area contributed by atoms with E-state index in [1.807, 2.05) is 0 Å². The van der Waals surface area contributed by atoms with Gasteiger partial charge in [0.25, 0.3) is 0 Å². The molecule has 3 N–H and O–H groups in total. The van der Waals surface area contributed by atoms with E-state index in [1.54, 1.807) is 51.1 Å². The van der Waals surface area contributed by atoms with E-state index in [2.05, 4.69) is 5.32 Å². The van der Waals surface area contributed by atoms with Crippen molar-refractivity contribution in [2.75, 3.05) is 13.1 Å². The number of hydrogen-bond acceptors (Lipinski definition) is 4. The predicted molar refractivity (Wildman–Crippen MR) is 91.0 cm³/mol. The van der Waals surface area contributed by atoms with Gasteiger partial charge in [-0.1, -0.05) is 23.7 Å². The first-order valence-electron chi connectivity index (χ1n) is 7.16. The third-order valence-electron chi connectivity index (χ3n) is 2.56. The number of benzene rings is 1. The summed E-state index contributed by atoms with van der Waals surface area (Å²) >= 11 is 5.80. The Morgan fingerprint density at radius 2 is 1.91 bits per heavy atom. The number of halogens is 1. The van der Waals surface area contributed by atoms with Gasteiger partial charge in [0, 0.05) is 24.3 Å². The van der Waals surface area contributed by atoms with Gasteiger partial charge in [0.05, 0.1) is 0 Å². The smallest absolute Gasteiger partial charge is 0.418 e. The van der Waals surface area contributed by atoms with Crippen LogP contribution < -0.4 is 11.1 Å². The van der Waals surface area contributed by atoms with Crippen molar-refractivity contribution in [3.8, 4) is 0 Å². The van der Waals surface area contributed by atoms with Crippen molar-refractivity contribution in [3.63, 3.8) is 0 Å². The topological polar surface area (TPSA) is 84.7 Å². The Kier molecular flexibility index (Phi) is 7.06. The molecule has 0 atom stereocenters. The lowest BCUT2D eigenvalue weighted by Crippen LogP contribution is -2.46. The van der Waals surface area contributed by atoms with Crippen LogP contribution in [-0.4, -0.2) is 35.7 Å². The van der Waals surface area contributed by atoms with E-state index in [1.165, 1.54) is 6.20 Å². The van der Waals surface area contributed by atoms with Crippen molar-refractivity contribution in [1.29, 1.82) is 0 Å². The third kappa shape index (κ3) is 7.17. The van der Waals surface area contributed by atoms with E-state index < -0.39 is 17.7 Å². The van der Waals surface area contributed by atoms with Gasteiger partial charge in [-0.15, -0.1) is 0 Å². The zero-order valence-corrected chi connectivity index (χ0v) is 14.3. The van der Waals surface area contributed by atoms with Crippen molar-refractivity contribution in [3.05, 3.63) is 41.1 Å². The molecule has 0 spiro atoms. The number of urea groups is 1. The Hall–Kier alpha value is -2.05. The highest BCUT2D eigenvalue weighted by Gasteiger charge is 2.26. The van der Waals surface area contributed by atoms with E-state index in [0.717, 1.165) is 10.5 Å². The number of carbonyl (C=O) groups excluding carboxylic acids is 2. The van der Waals surface area contributed by atoms with E-state index in [4.69, 9.17) is 22.1 Å². The first-order chi connectivity index (χ1) is 10.7. The maximum Gasteiger partial charge on any atom is 0.418 e. The fourth-order valence-electron chi connectivity index (χ4n) is 1.58. The van der Waals surface area contributed by atoms with E-state index in [9.17, 15) is 9.59 Å². The Bertz CT molecular complexity index is 565. The number of rotatable bonds is 4. The number of nitrogens with one attached hydrogen (secondary N) is 1. The first-order valence-corrected chi connectivity index (χ1v) is 7.54. The summed E-state index contributed by atoms with van der Waals surface area (Å²) in [6.45, 7) is 5.39. The van der Waals surface area contributed by atoms with Crippen LogP contribution in [0, 0.1) is 0 Å². The molecule has 0 saturated heterocycles. The van der Waals surface area contributed by atoms with Crippen LogP contribution in [-0.2, 0) is 4.74 Å². The van der Waals surface area contributed by atoms with Crippen molar-refractivity contribution < 1.29 is 14.3 Å². The molecule has 0 fully saturated rings. The van der Waals surface area contributed by atoms with Gasteiger partial charge >= 0.3 is 12.1 Å². The highest BCUT2D eigenvalue weighted by atomic mass is 35.5. The van der Waals surface area contributed by atoms with Crippen LogP contribution in [0.3, 0.4) is 0 Å². The molecule has 1 aromatic carbocycles. The Morgan fingerprint density at radius 1 is 1.30 bits per heavy atom. The maximum absolute atomic E-state index is 12.1. The molecule has 0 bridgehead atoms. The number of nitrogens with two attached hydrogens (primary N) is 1. The van der Waals surface area contributed by atoms with Crippen LogP contribution in [0.25, 0.3) is 6.08 Å². The van der Waals surface area contributed by atoms with Crippen LogP contribution in [0.5, 0.6) is 0 Å². The summed E-state index contributed by atoms with van der Waals surface area (Å²) in [5.41, 5.74) is 5.61. The minimum Gasteiger partial charge on any atom is -0.443 e. The molecule has 0 heterocycles. The van der Waals surface area contributed by atoms with Gasteiger partial charge in [-0.2, -0.15) is 0 Å². The van der Waals surface area contributed by atoms with Gasteiger partial charge in [0.1, 0.15) is 5.60 Å². The average molecular weight is 340 g/mol. The molecular weight excluding hydrogens is 318 g/mol. The Balaban J connectivity index is 2.67. The first kappa shape index (κ1) is 19.0. The second-order valence-electron chi connectivity index (χ2n) is 5.76.